The highest BCUT2D eigenvalue weighted by Crippen LogP contribution is 2.30. The molecule has 6 nitrogen and oxygen atoms in total. The molecule has 33 heavy (non-hydrogen) atoms. The Hall–Kier alpha value is -3.43. The van der Waals surface area contributed by atoms with Crippen molar-refractivity contribution in [1.29, 1.82) is 0 Å². The summed E-state index contributed by atoms with van der Waals surface area (Å²) >= 11 is 0. The first kappa shape index (κ1) is 22.8. The van der Waals surface area contributed by atoms with Gasteiger partial charge in [0.2, 0.25) is 5.88 Å². The van der Waals surface area contributed by atoms with E-state index < -0.39 is 11.7 Å². The summed E-state index contributed by atoms with van der Waals surface area (Å²) in [7, 11) is 1.67. The summed E-state index contributed by atoms with van der Waals surface area (Å²) in [5.74, 6) is -0.452. The van der Waals surface area contributed by atoms with Crippen molar-refractivity contribution < 1.29 is 27.1 Å². The molecule has 0 bridgehead atoms. The monoisotopic (exact) mass is 462 g/mol. The molecular formula is C23H22F4N4O2. The van der Waals surface area contributed by atoms with Crippen molar-refractivity contribution in [3.8, 4) is 17.1 Å². The minimum absolute atomic E-state index is 0.0536. The number of nitrogens with zero attached hydrogens (tertiary/aromatic N) is 3. The predicted octanol–water partition coefficient (Wildman–Crippen LogP) is 4.76. The number of benzene rings is 1. The Morgan fingerprint density at radius 1 is 1.09 bits per heavy atom. The smallest absolute Gasteiger partial charge is 0.417 e. The number of aromatic nitrogens is 3. The first-order valence-electron chi connectivity index (χ1n) is 10.5. The number of aryl methyl sites for hydroxylation is 1. The first-order chi connectivity index (χ1) is 15.7. The van der Waals surface area contributed by atoms with Gasteiger partial charge in [-0.1, -0.05) is 0 Å². The fourth-order valence-electron chi connectivity index (χ4n) is 3.81. The van der Waals surface area contributed by atoms with Crippen LogP contribution in [0.5, 0.6) is 5.88 Å². The summed E-state index contributed by atoms with van der Waals surface area (Å²) in [5.41, 5.74) is 0.852. The predicted molar refractivity (Wildman–Crippen MR) is 112 cm³/mol. The van der Waals surface area contributed by atoms with Crippen LogP contribution in [0.4, 0.5) is 17.6 Å². The van der Waals surface area contributed by atoms with E-state index in [9.17, 15) is 22.4 Å². The van der Waals surface area contributed by atoms with E-state index in [1.54, 1.807) is 25.2 Å². The minimum Gasteiger partial charge on any atom is -0.474 e. The maximum atomic E-state index is 13.1. The maximum absolute atomic E-state index is 13.1. The van der Waals surface area contributed by atoms with Crippen molar-refractivity contribution in [3.63, 3.8) is 0 Å². The van der Waals surface area contributed by atoms with E-state index in [4.69, 9.17) is 4.74 Å². The molecule has 1 N–H and O–H groups in total. The van der Waals surface area contributed by atoms with E-state index in [0.29, 0.717) is 42.6 Å². The number of pyridine rings is 1. The van der Waals surface area contributed by atoms with Gasteiger partial charge >= 0.3 is 6.18 Å². The zero-order valence-corrected chi connectivity index (χ0v) is 17.8. The van der Waals surface area contributed by atoms with Gasteiger partial charge in [-0.2, -0.15) is 18.3 Å². The molecule has 1 fully saturated rings. The molecule has 3 aromatic rings. The number of rotatable bonds is 5. The molecule has 1 saturated carbocycles. The van der Waals surface area contributed by atoms with Crippen LogP contribution in [0.1, 0.15) is 41.7 Å². The number of alkyl halides is 3. The van der Waals surface area contributed by atoms with Crippen LogP contribution in [-0.4, -0.2) is 32.8 Å². The van der Waals surface area contributed by atoms with E-state index in [1.807, 2.05) is 0 Å². The normalized spacial score (nSPS) is 18.7. The standard InChI is InChI=1S/C23H22F4N4O2/c1-31-20(12-19(30-31)14-2-5-16(24)6-3-14)22(32)29-17-7-9-18(10-8-17)33-21-11-4-15(13-28-21)23(25,26)27/h2-6,11-13,17-18H,7-10H2,1H3,(H,29,32). The van der Waals surface area contributed by atoms with Crippen LogP contribution in [0, 0.1) is 5.82 Å². The number of carbonyl (C=O) groups excluding carboxylic acids is 1. The topological polar surface area (TPSA) is 69.0 Å². The fraction of sp³-hybridized carbons (Fsp3) is 0.348. The van der Waals surface area contributed by atoms with E-state index in [2.05, 4.69) is 15.4 Å². The van der Waals surface area contributed by atoms with E-state index in [1.165, 1.54) is 22.9 Å². The Balaban J connectivity index is 1.30. The Bertz CT molecular complexity index is 1100. The number of hydrogen-bond acceptors (Lipinski definition) is 4. The van der Waals surface area contributed by atoms with Crippen molar-refractivity contribution in [3.05, 3.63) is 65.7 Å². The highest BCUT2D eigenvalue weighted by atomic mass is 19.4. The average Bonchev–Trinajstić information content (AvgIpc) is 3.17. The van der Waals surface area contributed by atoms with Crippen LogP contribution in [-0.2, 0) is 13.2 Å². The Kier molecular flexibility index (Phi) is 6.35. The Morgan fingerprint density at radius 3 is 2.39 bits per heavy atom. The van der Waals surface area contributed by atoms with Gasteiger partial charge < -0.3 is 10.1 Å². The van der Waals surface area contributed by atoms with Crippen molar-refractivity contribution in [2.75, 3.05) is 0 Å². The lowest BCUT2D eigenvalue weighted by atomic mass is 9.93. The van der Waals surface area contributed by atoms with Gasteiger partial charge in [0.1, 0.15) is 17.6 Å². The molecule has 174 valence electrons. The van der Waals surface area contributed by atoms with Crippen LogP contribution in [0.2, 0.25) is 0 Å². The van der Waals surface area contributed by atoms with E-state index in [0.717, 1.165) is 12.3 Å². The fourth-order valence-corrected chi connectivity index (χ4v) is 3.81. The first-order valence-corrected chi connectivity index (χ1v) is 10.5. The molecular weight excluding hydrogens is 440 g/mol. The SMILES string of the molecule is Cn1nc(-c2ccc(F)cc2)cc1C(=O)NC1CCC(Oc2ccc(C(F)(F)F)cn2)CC1. The quantitative estimate of drug-likeness (QED) is 0.555. The second kappa shape index (κ2) is 9.21. The van der Waals surface area contributed by atoms with Gasteiger partial charge in [-0.15, -0.1) is 0 Å². The summed E-state index contributed by atoms with van der Waals surface area (Å²) in [6, 6.07) is 9.66. The van der Waals surface area contributed by atoms with Gasteiger partial charge in [0.05, 0.1) is 11.3 Å². The molecule has 0 atom stereocenters. The molecule has 0 unspecified atom stereocenters. The summed E-state index contributed by atoms with van der Waals surface area (Å²) in [4.78, 5) is 16.5. The van der Waals surface area contributed by atoms with Crippen LogP contribution in [0.3, 0.4) is 0 Å². The molecule has 1 aliphatic rings. The highest BCUT2D eigenvalue weighted by molar-refractivity contribution is 5.93. The van der Waals surface area contributed by atoms with Crippen LogP contribution in [0.15, 0.2) is 48.7 Å². The molecule has 0 saturated heterocycles. The Labute approximate surface area is 187 Å². The van der Waals surface area contributed by atoms with Crippen LogP contribution < -0.4 is 10.1 Å². The van der Waals surface area contributed by atoms with Crippen LogP contribution >= 0.6 is 0 Å². The second-order valence-electron chi connectivity index (χ2n) is 7.99. The number of halogens is 4. The lowest BCUT2D eigenvalue weighted by molar-refractivity contribution is -0.137. The largest absolute Gasteiger partial charge is 0.474 e. The molecule has 1 aliphatic carbocycles. The average molecular weight is 462 g/mol. The molecule has 2 heterocycles. The number of amides is 1. The van der Waals surface area contributed by atoms with Gasteiger partial charge in [0.15, 0.2) is 0 Å². The lowest BCUT2D eigenvalue weighted by Gasteiger charge is -2.29. The highest BCUT2D eigenvalue weighted by Gasteiger charge is 2.31. The molecule has 4 rings (SSSR count). The third kappa shape index (κ3) is 5.50. The summed E-state index contributed by atoms with van der Waals surface area (Å²) < 4.78 is 58.3. The molecule has 10 heteroatoms. The van der Waals surface area contributed by atoms with Crippen molar-refractivity contribution in [2.45, 2.75) is 44.0 Å². The second-order valence-corrected chi connectivity index (χ2v) is 7.99. The molecule has 0 radical (unpaired) electrons. The van der Waals surface area contributed by atoms with E-state index >= 15 is 0 Å². The molecule has 1 aromatic carbocycles. The third-order valence-corrected chi connectivity index (χ3v) is 5.61. The van der Waals surface area contributed by atoms with Crippen molar-refractivity contribution in [1.82, 2.24) is 20.1 Å². The van der Waals surface area contributed by atoms with E-state index in [-0.39, 0.29) is 29.8 Å². The number of nitrogens with one attached hydrogen (secondary N) is 1. The maximum Gasteiger partial charge on any atom is 0.417 e. The lowest BCUT2D eigenvalue weighted by Crippen LogP contribution is -2.40. The molecule has 1 amide bonds. The minimum atomic E-state index is -4.44. The van der Waals surface area contributed by atoms with Gasteiger partial charge in [-0.25, -0.2) is 9.37 Å². The van der Waals surface area contributed by atoms with Gasteiger partial charge in [0, 0.05) is 30.9 Å². The third-order valence-electron chi connectivity index (χ3n) is 5.61. The summed E-state index contributed by atoms with van der Waals surface area (Å²) in [6.07, 6.45) is -1.24. The zero-order valence-electron chi connectivity index (χ0n) is 17.8. The number of carbonyl (C=O) groups is 1. The number of ether oxygens (including phenoxy) is 1. The Morgan fingerprint density at radius 2 is 1.79 bits per heavy atom. The van der Waals surface area contributed by atoms with Gasteiger partial charge in [0.25, 0.3) is 5.91 Å². The van der Waals surface area contributed by atoms with Gasteiger partial charge in [-0.3, -0.25) is 9.48 Å². The molecule has 0 spiro atoms. The van der Waals surface area contributed by atoms with Gasteiger partial charge in [-0.05, 0) is 62.1 Å². The number of hydrogen-bond donors (Lipinski definition) is 1. The van der Waals surface area contributed by atoms with Crippen molar-refractivity contribution >= 4 is 5.91 Å². The summed E-state index contributed by atoms with van der Waals surface area (Å²) in [6.45, 7) is 0. The molecule has 0 aliphatic heterocycles. The van der Waals surface area contributed by atoms with Crippen LogP contribution in [0.25, 0.3) is 11.3 Å². The van der Waals surface area contributed by atoms with Crippen molar-refractivity contribution in [2.24, 2.45) is 7.05 Å². The zero-order chi connectivity index (χ0) is 23.6. The molecule has 2 aromatic heterocycles. The summed E-state index contributed by atoms with van der Waals surface area (Å²) in [5, 5.41) is 7.34.